The van der Waals surface area contributed by atoms with Gasteiger partial charge in [-0.1, -0.05) is 25.1 Å². The van der Waals surface area contributed by atoms with E-state index < -0.39 is 0 Å². The zero-order valence-electron chi connectivity index (χ0n) is 13.2. The molecule has 2 aromatic rings. The van der Waals surface area contributed by atoms with E-state index in [0.717, 1.165) is 6.54 Å². The molecule has 0 bridgehead atoms. The van der Waals surface area contributed by atoms with Crippen molar-refractivity contribution in [3.05, 3.63) is 58.5 Å². The van der Waals surface area contributed by atoms with Crippen molar-refractivity contribution < 1.29 is 4.79 Å². The summed E-state index contributed by atoms with van der Waals surface area (Å²) in [4.78, 5) is 24.0. The predicted octanol–water partition coefficient (Wildman–Crippen LogP) is 1.38. The van der Waals surface area contributed by atoms with Gasteiger partial charge in [-0.25, -0.2) is 0 Å². The van der Waals surface area contributed by atoms with Gasteiger partial charge in [-0.05, 0) is 31.7 Å². The maximum Gasteiger partial charge on any atom is 0.271 e. The SMILES string of the molecule is CCN[C@H](C)CNC(=O)c1ccc(=O)n(-c2ccccc2)n1.Cl. The maximum atomic E-state index is 12.1. The molecule has 0 spiro atoms. The van der Waals surface area contributed by atoms with Crippen LogP contribution in [0.4, 0.5) is 0 Å². The molecule has 1 heterocycles. The number of carbonyl (C=O) groups excluding carboxylic acids is 1. The molecule has 1 amide bonds. The molecule has 6 nitrogen and oxygen atoms in total. The minimum atomic E-state index is -0.297. The fourth-order valence-electron chi connectivity index (χ4n) is 2.04. The summed E-state index contributed by atoms with van der Waals surface area (Å²) in [5.41, 5.74) is 0.569. The van der Waals surface area contributed by atoms with Crippen molar-refractivity contribution in [3.8, 4) is 5.69 Å². The summed E-state index contributed by atoms with van der Waals surface area (Å²) in [6.07, 6.45) is 0. The molecule has 0 radical (unpaired) electrons. The topological polar surface area (TPSA) is 76.0 Å². The largest absolute Gasteiger partial charge is 0.349 e. The monoisotopic (exact) mass is 336 g/mol. The highest BCUT2D eigenvalue weighted by molar-refractivity contribution is 5.92. The van der Waals surface area contributed by atoms with E-state index in [0.29, 0.717) is 12.2 Å². The highest BCUT2D eigenvalue weighted by Crippen LogP contribution is 2.02. The zero-order chi connectivity index (χ0) is 15.9. The standard InChI is InChI=1S/C16H20N4O2.ClH/c1-3-17-12(2)11-18-16(22)14-9-10-15(21)20(19-14)13-7-5-4-6-8-13;/h4-10,12,17H,3,11H2,1-2H3,(H,18,22);1H/t12-;/m1./s1. The molecule has 0 unspecified atom stereocenters. The Kier molecular flexibility index (Phi) is 7.44. The van der Waals surface area contributed by atoms with E-state index in [1.165, 1.54) is 16.8 Å². The van der Waals surface area contributed by atoms with E-state index in [-0.39, 0.29) is 35.6 Å². The fraction of sp³-hybridized carbons (Fsp3) is 0.312. The van der Waals surface area contributed by atoms with Crippen LogP contribution in [0, 0.1) is 0 Å². The molecule has 2 N–H and O–H groups in total. The zero-order valence-corrected chi connectivity index (χ0v) is 14.0. The second kappa shape index (κ2) is 9.07. The van der Waals surface area contributed by atoms with E-state index >= 15 is 0 Å². The minimum Gasteiger partial charge on any atom is -0.349 e. The first-order valence-corrected chi connectivity index (χ1v) is 7.29. The molecule has 7 heteroatoms. The van der Waals surface area contributed by atoms with E-state index in [1.807, 2.05) is 32.0 Å². The van der Waals surface area contributed by atoms with Gasteiger partial charge in [-0.3, -0.25) is 9.59 Å². The summed E-state index contributed by atoms with van der Waals surface area (Å²) in [5, 5.41) is 10.1. The minimum absolute atomic E-state index is 0. The van der Waals surface area contributed by atoms with Gasteiger partial charge in [0.05, 0.1) is 5.69 Å². The Hall–Kier alpha value is -2.18. The summed E-state index contributed by atoms with van der Waals surface area (Å²) >= 11 is 0. The lowest BCUT2D eigenvalue weighted by Gasteiger charge is -2.13. The van der Waals surface area contributed by atoms with Crippen molar-refractivity contribution >= 4 is 18.3 Å². The number of benzene rings is 1. The van der Waals surface area contributed by atoms with Gasteiger partial charge in [-0.2, -0.15) is 9.78 Å². The smallest absolute Gasteiger partial charge is 0.271 e. The van der Waals surface area contributed by atoms with Gasteiger partial charge in [0.15, 0.2) is 0 Å². The van der Waals surface area contributed by atoms with Gasteiger partial charge in [0.1, 0.15) is 5.69 Å². The first kappa shape index (κ1) is 18.9. The van der Waals surface area contributed by atoms with Crippen molar-refractivity contribution in [1.82, 2.24) is 20.4 Å². The Morgan fingerprint density at radius 1 is 1.22 bits per heavy atom. The van der Waals surface area contributed by atoms with Gasteiger partial charge < -0.3 is 10.6 Å². The Balaban J connectivity index is 0.00000264. The van der Waals surface area contributed by atoms with Crippen molar-refractivity contribution in [3.63, 3.8) is 0 Å². The molecule has 1 aromatic carbocycles. The highest BCUT2D eigenvalue weighted by atomic mass is 35.5. The molecular weight excluding hydrogens is 316 g/mol. The van der Waals surface area contributed by atoms with Crippen LogP contribution in [0.3, 0.4) is 0 Å². The summed E-state index contributed by atoms with van der Waals surface area (Å²) in [6.45, 7) is 5.34. The Labute approximate surface area is 141 Å². The number of hydrogen-bond donors (Lipinski definition) is 2. The molecule has 0 fully saturated rings. The average Bonchev–Trinajstić information content (AvgIpc) is 2.54. The lowest BCUT2D eigenvalue weighted by atomic mass is 10.3. The first-order valence-electron chi connectivity index (χ1n) is 7.29. The van der Waals surface area contributed by atoms with Crippen LogP contribution >= 0.6 is 12.4 Å². The van der Waals surface area contributed by atoms with Gasteiger partial charge in [0.2, 0.25) is 0 Å². The number of rotatable bonds is 6. The molecule has 0 aliphatic rings. The number of likely N-dealkylation sites (N-methyl/N-ethyl adjacent to an activating group) is 1. The number of nitrogens with zero attached hydrogens (tertiary/aromatic N) is 2. The first-order chi connectivity index (χ1) is 10.6. The van der Waals surface area contributed by atoms with Crippen LogP contribution in [-0.2, 0) is 0 Å². The van der Waals surface area contributed by atoms with Crippen molar-refractivity contribution in [2.24, 2.45) is 0 Å². The quantitative estimate of drug-likeness (QED) is 0.835. The number of para-hydroxylation sites is 1. The lowest BCUT2D eigenvalue weighted by molar-refractivity contribution is 0.0943. The van der Waals surface area contributed by atoms with Gasteiger partial charge in [0.25, 0.3) is 11.5 Å². The molecule has 0 aliphatic carbocycles. The van der Waals surface area contributed by atoms with Crippen LogP contribution in [0.2, 0.25) is 0 Å². The van der Waals surface area contributed by atoms with Crippen LogP contribution in [0.5, 0.6) is 0 Å². The van der Waals surface area contributed by atoms with Crippen LogP contribution in [0.1, 0.15) is 24.3 Å². The number of amides is 1. The summed E-state index contributed by atoms with van der Waals surface area (Å²) < 4.78 is 1.22. The molecule has 1 atom stereocenters. The van der Waals surface area contributed by atoms with E-state index in [2.05, 4.69) is 15.7 Å². The van der Waals surface area contributed by atoms with Crippen LogP contribution in [-0.4, -0.2) is 34.8 Å². The summed E-state index contributed by atoms with van der Waals surface area (Å²) in [6, 6.07) is 12.0. The number of hydrogen-bond acceptors (Lipinski definition) is 4. The molecule has 23 heavy (non-hydrogen) atoms. The Morgan fingerprint density at radius 2 is 1.91 bits per heavy atom. The third-order valence-electron chi connectivity index (χ3n) is 3.16. The number of carbonyl (C=O) groups is 1. The van der Waals surface area contributed by atoms with Gasteiger partial charge >= 0.3 is 0 Å². The molecule has 0 saturated carbocycles. The molecule has 1 aromatic heterocycles. The van der Waals surface area contributed by atoms with Crippen LogP contribution in [0.15, 0.2) is 47.3 Å². The molecule has 0 aliphatic heterocycles. The average molecular weight is 337 g/mol. The predicted molar refractivity (Wildman–Crippen MR) is 92.6 cm³/mol. The molecule has 124 valence electrons. The van der Waals surface area contributed by atoms with Gasteiger partial charge in [-0.15, -0.1) is 12.4 Å². The van der Waals surface area contributed by atoms with Crippen molar-refractivity contribution in [2.45, 2.75) is 19.9 Å². The molecule has 2 rings (SSSR count). The third kappa shape index (κ3) is 5.19. The Bertz CT molecular complexity index is 688. The lowest BCUT2D eigenvalue weighted by Crippen LogP contribution is -2.39. The fourth-order valence-corrected chi connectivity index (χ4v) is 2.04. The van der Waals surface area contributed by atoms with Gasteiger partial charge in [0, 0.05) is 18.7 Å². The molecule has 0 saturated heterocycles. The van der Waals surface area contributed by atoms with E-state index in [4.69, 9.17) is 0 Å². The van der Waals surface area contributed by atoms with Crippen LogP contribution in [0.25, 0.3) is 5.69 Å². The van der Waals surface area contributed by atoms with E-state index in [1.54, 1.807) is 12.1 Å². The highest BCUT2D eigenvalue weighted by Gasteiger charge is 2.11. The Morgan fingerprint density at radius 3 is 2.57 bits per heavy atom. The molecular formula is C16H21ClN4O2. The maximum absolute atomic E-state index is 12.1. The van der Waals surface area contributed by atoms with Crippen LogP contribution < -0.4 is 16.2 Å². The second-order valence-corrected chi connectivity index (χ2v) is 4.97. The summed E-state index contributed by atoms with van der Waals surface area (Å²) in [7, 11) is 0. The number of aromatic nitrogens is 2. The number of nitrogens with one attached hydrogen (secondary N) is 2. The third-order valence-corrected chi connectivity index (χ3v) is 3.16. The second-order valence-electron chi connectivity index (χ2n) is 4.97. The van der Waals surface area contributed by atoms with E-state index in [9.17, 15) is 9.59 Å². The van der Waals surface area contributed by atoms with Crippen molar-refractivity contribution in [1.29, 1.82) is 0 Å². The number of halogens is 1. The summed E-state index contributed by atoms with van der Waals surface area (Å²) in [5.74, 6) is -0.297. The normalized spacial score (nSPS) is 11.4. The van der Waals surface area contributed by atoms with Crippen molar-refractivity contribution in [2.75, 3.05) is 13.1 Å².